The van der Waals surface area contributed by atoms with Crippen LogP contribution >= 0.6 is 11.3 Å². The molecule has 0 saturated carbocycles. The summed E-state index contributed by atoms with van der Waals surface area (Å²) in [4.78, 5) is 11.3. The first-order chi connectivity index (χ1) is 9.67. The molecule has 0 unspecified atom stereocenters. The maximum Gasteiger partial charge on any atom is 0.180 e. The van der Waals surface area contributed by atoms with Crippen molar-refractivity contribution in [1.82, 2.24) is 14.4 Å². The summed E-state index contributed by atoms with van der Waals surface area (Å²) in [5, 5.41) is 3.33. The van der Waals surface area contributed by atoms with Gasteiger partial charge in [-0.1, -0.05) is 0 Å². The van der Waals surface area contributed by atoms with Crippen molar-refractivity contribution < 1.29 is 0 Å². The topological polar surface area (TPSA) is 80.3 Å². The number of anilines is 2. The number of imidazole rings is 1. The van der Waals surface area contributed by atoms with Crippen LogP contribution in [0.2, 0.25) is 0 Å². The van der Waals surface area contributed by atoms with Crippen LogP contribution in [-0.4, -0.2) is 14.4 Å². The molecule has 20 heavy (non-hydrogen) atoms. The van der Waals surface area contributed by atoms with E-state index < -0.39 is 0 Å². The molecule has 104 valence electrons. The first-order valence-electron chi connectivity index (χ1n) is 6.27. The predicted molar refractivity (Wildman–Crippen MR) is 81.9 cm³/mol. The maximum atomic E-state index is 5.44. The zero-order valence-electron chi connectivity index (χ0n) is 11.3. The Labute approximate surface area is 120 Å². The number of nitrogens with two attached hydrogens (primary N) is 1. The fourth-order valence-corrected chi connectivity index (χ4v) is 3.02. The molecule has 3 heterocycles. The van der Waals surface area contributed by atoms with Gasteiger partial charge in [-0.05, 0) is 25.5 Å². The van der Waals surface area contributed by atoms with Crippen LogP contribution in [0.4, 0.5) is 11.6 Å². The van der Waals surface area contributed by atoms with Crippen LogP contribution < -0.4 is 16.6 Å². The molecule has 0 bridgehead atoms. The predicted octanol–water partition coefficient (Wildman–Crippen LogP) is 2.31. The lowest BCUT2D eigenvalue weighted by Gasteiger charge is -2.08. The summed E-state index contributed by atoms with van der Waals surface area (Å²) in [5.41, 5.74) is 4.67. The van der Waals surface area contributed by atoms with Gasteiger partial charge in [0, 0.05) is 22.1 Å². The van der Waals surface area contributed by atoms with Crippen molar-refractivity contribution in [1.29, 1.82) is 0 Å². The van der Waals surface area contributed by atoms with Crippen LogP contribution in [0, 0.1) is 13.8 Å². The maximum absolute atomic E-state index is 5.44. The summed E-state index contributed by atoms with van der Waals surface area (Å²) in [7, 11) is 0. The van der Waals surface area contributed by atoms with Crippen molar-refractivity contribution in [2.45, 2.75) is 20.4 Å². The van der Waals surface area contributed by atoms with Crippen molar-refractivity contribution in [3.63, 3.8) is 0 Å². The molecule has 0 saturated heterocycles. The molecule has 3 aromatic heterocycles. The minimum Gasteiger partial charge on any atom is -0.362 e. The number of thiophene rings is 1. The molecule has 0 aliphatic carbocycles. The van der Waals surface area contributed by atoms with Crippen molar-refractivity contribution in [3.8, 4) is 0 Å². The number of nitrogen functional groups attached to an aromatic ring is 1. The zero-order valence-corrected chi connectivity index (χ0v) is 12.2. The Morgan fingerprint density at radius 1 is 1.40 bits per heavy atom. The van der Waals surface area contributed by atoms with Crippen molar-refractivity contribution in [3.05, 3.63) is 40.0 Å². The Balaban J connectivity index is 1.88. The van der Waals surface area contributed by atoms with Gasteiger partial charge in [0.15, 0.2) is 17.3 Å². The number of fused-ring (bicyclic) bond motifs is 1. The monoisotopic (exact) mass is 288 g/mol. The number of hydrazine groups is 1. The third-order valence-corrected chi connectivity index (χ3v) is 4.32. The number of hydrogen-bond donors (Lipinski definition) is 3. The van der Waals surface area contributed by atoms with Gasteiger partial charge in [-0.2, -0.15) is 0 Å². The van der Waals surface area contributed by atoms with Crippen molar-refractivity contribution in [2.75, 3.05) is 10.7 Å². The molecule has 0 atom stereocenters. The standard InChI is InChI=1S/C13H16N6S/c1-8-5-10(20-9(8)2)6-16-12-13-15-3-4-19(13)7-11(17-12)18-14/h3-5,7,18H,6,14H2,1-2H3,(H,16,17). The Hall–Kier alpha value is -2.12. The Kier molecular flexibility index (Phi) is 3.29. The van der Waals surface area contributed by atoms with E-state index in [9.17, 15) is 0 Å². The van der Waals surface area contributed by atoms with Crippen LogP contribution in [0.1, 0.15) is 15.3 Å². The number of rotatable bonds is 4. The lowest BCUT2D eigenvalue weighted by atomic mass is 10.3. The normalized spacial score (nSPS) is 10.9. The van der Waals surface area contributed by atoms with E-state index in [1.165, 1.54) is 15.3 Å². The zero-order chi connectivity index (χ0) is 14.1. The van der Waals surface area contributed by atoms with Crippen molar-refractivity contribution >= 4 is 28.6 Å². The SMILES string of the molecule is Cc1cc(CNc2nc(NN)cn3ccnc23)sc1C. The van der Waals surface area contributed by atoms with Crippen LogP contribution in [0.5, 0.6) is 0 Å². The first kappa shape index (κ1) is 12.9. The molecule has 4 N–H and O–H groups in total. The molecule has 0 amide bonds. The molecule has 0 spiro atoms. The van der Waals surface area contributed by atoms with E-state index >= 15 is 0 Å². The minimum absolute atomic E-state index is 0.594. The van der Waals surface area contributed by atoms with E-state index in [4.69, 9.17) is 5.84 Å². The Morgan fingerprint density at radius 2 is 2.25 bits per heavy atom. The first-order valence-corrected chi connectivity index (χ1v) is 7.09. The molecule has 3 aromatic rings. The molecule has 6 nitrogen and oxygen atoms in total. The van der Waals surface area contributed by atoms with E-state index in [0.717, 1.165) is 12.2 Å². The summed E-state index contributed by atoms with van der Waals surface area (Å²) in [6.07, 6.45) is 5.40. The minimum atomic E-state index is 0.594. The van der Waals surface area contributed by atoms with E-state index in [1.54, 1.807) is 23.7 Å². The van der Waals surface area contributed by atoms with E-state index in [0.29, 0.717) is 11.6 Å². The van der Waals surface area contributed by atoms with Gasteiger partial charge in [0.25, 0.3) is 0 Å². The van der Waals surface area contributed by atoms with Gasteiger partial charge in [-0.25, -0.2) is 15.8 Å². The van der Waals surface area contributed by atoms with E-state index in [2.05, 4.69) is 40.6 Å². The Morgan fingerprint density at radius 3 is 2.95 bits per heavy atom. The summed E-state index contributed by atoms with van der Waals surface area (Å²) < 4.78 is 1.88. The van der Waals surface area contributed by atoms with Crippen LogP contribution in [0.3, 0.4) is 0 Å². The van der Waals surface area contributed by atoms with E-state index in [1.807, 2.05) is 10.6 Å². The highest BCUT2D eigenvalue weighted by molar-refractivity contribution is 7.12. The molecule has 0 aromatic carbocycles. The molecular formula is C13H16N6S. The highest BCUT2D eigenvalue weighted by atomic mass is 32.1. The molecule has 0 fully saturated rings. The van der Waals surface area contributed by atoms with E-state index in [-0.39, 0.29) is 0 Å². The second kappa shape index (κ2) is 5.10. The molecule has 0 radical (unpaired) electrons. The fraction of sp³-hybridized carbons (Fsp3) is 0.231. The quantitative estimate of drug-likeness (QED) is 0.507. The number of nitrogens with zero attached hydrogens (tertiary/aromatic N) is 3. The number of nitrogens with one attached hydrogen (secondary N) is 2. The molecule has 7 heteroatoms. The largest absolute Gasteiger partial charge is 0.362 e. The molecule has 3 rings (SSSR count). The van der Waals surface area contributed by atoms with Gasteiger partial charge in [0.1, 0.15) is 0 Å². The van der Waals surface area contributed by atoms with Crippen LogP contribution in [-0.2, 0) is 6.54 Å². The highest BCUT2D eigenvalue weighted by Crippen LogP contribution is 2.22. The number of hydrogen-bond acceptors (Lipinski definition) is 6. The van der Waals surface area contributed by atoms with Crippen molar-refractivity contribution in [2.24, 2.45) is 5.84 Å². The lowest BCUT2D eigenvalue weighted by molar-refractivity contribution is 1.07. The number of aryl methyl sites for hydroxylation is 2. The van der Waals surface area contributed by atoms with Crippen LogP contribution in [0.15, 0.2) is 24.7 Å². The summed E-state index contributed by atoms with van der Waals surface area (Å²) in [5.74, 6) is 6.75. The Bertz CT molecular complexity index is 725. The average molecular weight is 288 g/mol. The second-order valence-electron chi connectivity index (χ2n) is 4.58. The van der Waals surface area contributed by atoms with Crippen LogP contribution in [0.25, 0.3) is 5.65 Å². The third-order valence-electron chi connectivity index (χ3n) is 3.17. The molecule has 0 aliphatic rings. The van der Waals surface area contributed by atoms with Gasteiger partial charge in [-0.15, -0.1) is 11.3 Å². The fourth-order valence-electron chi connectivity index (χ4n) is 2.03. The van der Waals surface area contributed by atoms with Gasteiger partial charge in [0.05, 0.1) is 12.7 Å². The van der Waals surface area contributed by atoms with Gasteiger partial charge in [0.2, 0.25) is 0 Å². The lowest BCUT2D eigenvalue weighted by Crippen LogP contribution is -2.11. The summed E-state index contributed by atoms with van der Waals surface area (Å²) in [6.45, 7) is 4.98. The number of aromatic nitrogens is 3. The summed E-state index contributed by atoms with van der Waals surface area (Å²) >= 11 is 1.79. The van der Waals surface area contributed by atoms with Gasteiger partial charge >= 0.3 is 0 Å². The van der Waals surface area contributed by atoms with Gasteiger partial charge < -0.3 is 15.1 Å². The average Bonchev–Trinajstić information content (AvgIpc) is 3.03. The smallest absolute Gasteiger partial charge is 0.180 e. The second-order valence-corrected chi connectivity index (χ2v) is 5.92. The molecule has 0 aliphatic heterocycles. The third kappa shape index (κ3) is 2.33. The summed E-state index contributed by atoms with van der Waals surface area (Å²) in [6, 6.07) is 2.20. The molecular weight excluding hydrogens is 272 g/mol. The van der Waals surface area contributed by atoms with Gasteiger partial charge in [-0.3, -0.25) is 0 Å². The highest BCUT2D eigenvalue weighted by Gasteiger charge is 2.08.